The number of nitrogens with zero attached hydrogens (tertiary/aromatic N) is 2. The molecule has 1 atom stereocenters. The van der Waals surface area contributed by atoms with Crippen LogP contribution in [0.2, 0.25) is 5.02 Å². The number of benzene rings is 2. The Bertz CT molecular complexity index is 1210. The SMILES string of the molecule is COC(=O)[C@H](CCC(=O)N(C)Cc1ccccc1)NC(=O)/C(CC1CCCCC1)=N/C(=O)OCc1cccc(Cl)c1. The maximum atomic E-state index is 13.4. The van der Waals surface area contributed by atoms with Crippen LogP contribution in [0.5, 0.6) is 0 Å². The van der Waals surface area contributed by atoms with Crippen molar-refractivity contribution in [1.29, 1.82) is 0 Å². The molecule has 1 aliphatic rings. The number of rotatable bonds is 12. The number of carbonyl (C=O) groups is 4. The second kappa shape index (κ2) is 16.5. The number of halogens is 1. The van der Waals surface area contributed by atoms with Gasteiger partial charge < -0.3 is 19.7 Å². The molecule has 0 aromatic heterocycles. The van der Waals surface area contributed by atoms with Gasteiger partial charge in [0, 0.05) is 25.0 Å². The second-order valence-electron chi connectivity index (χ2n) is 10.3. The molecule has 1 fully saturated rings. The first kappa shape index (κ1) is 31.8. The zero-order valence-electron chi connectivity index (χ0n) is 23.6. The summed E-state index contributed by atoms with van der Waals surface area (Å²) in [7, 11) is 2.90. The van der Waals surface area contributed by atoms with Crippen molar-refractivity contribution in [2.75, 3.05) is 14.2 Å². The largest absolute Gasteiger partial charge is 0.467 e. The third kappa shape index (κ3) is 11.0. The van der Waals surface area contributed by atoms with Crippen molar-refractivity contribution in [1.82, 2.24) is 10.2 Å². The zero-order chi connectivity index (χ0) is 29.6. The van der Waals surface area contributed by atoms with Crippen LogP contribution in [0.25, 0.3) is 0 Å². The molecule has 0 bridgehead atoms. The monoisotopic (exact) mass is 583 g/mol. The van der Waals surface area contributed by atoms with Gasteiger partial charge in [0.15, 0.2) is 0 Å². The van der Waals surface area contributed by atoms with Crippen molar-refractivity contribution >= 4 is 41.2 Å². The van der Waals surface area contributed by atoms with Gasteiger partial charge in [0.2, 0.25) is 5.91 Å². The molecule has 9 nitrogen and oxygen atoms in total. The zero-order valence-corrected chi connectivity index (χ0v) is 24.4. The van der Waals surface area contributed by atoms with Crippen LogP contribution < -0.4 is 5.32 Å². The molecule has 41 heavy (non-hydrogen) atoms. The molecule has 2 aromatic carbocycles. The summed E-state index contributed by atoms with van der Waals surface area (Å²) in [5, 5.41) is 3.16. The van der Waals surface area contributed by atoms with Crippen LogP contribution in [0.3, 0.4) is 0 Å². The fraction of sp³-hybridized carbons (Fsp3) is 0.452. The predicted molar refractivity (Wildman–Crippen MR) is 156 cm³/mol. The minimum atomic E-state index is -1.08. The standard InChI is InChI=1S/C31H38ClN3O6/c1-35(20-23-12-7-4-8-13-23)28(36)17-16-26(30(38)40-2)33-29(37)27(19-22-10-5-3-6-11-22)34-31(39)41-21-24-14-9-15-25(32)18-24/h4,7-9,12-15,18,22,26H,3,5-6,10-11,16-17,19-21H2,1-2H3,(H,33,37)/b34-27+/t26-/m0/s1. The summed E-state index contributed by atoms with van der Waals surface area (Å²) < 4.78 is 10.2. The number of carbonyl (C=O) groups excluding carboxylic acids is 4. The predicted octanol–water partition coefficient (Wildman–Crippen LogP) is 5.48. The van der Waals surface area contributed by atoms with Gasteiger partial charge in [-0.05, 0) is 42.0 Å². The minimum absolute atomic E-state index is 0.00517. The van der Waals surface area contributed by atoms with Gasteiger partial charge >= 0.3 is 12.1 Å². The van der Waals surface area contributed by atoms with E-state index < -0.39 is 24.0 Å². The number of aliphatic imine (C=N–C) groups is 1. The van der Waals surface area contributed by atoms with Gasteiger partial charge in [0.05, 0.1) is 7.11 Å². The van der Waals surface area contributed by atoms with Gasteiger partial charge in [0.1, 0.15) is 18.4 Å². The molecule has 0 unspecified atom stereocenters. The first-order chi connectivity index (χ1) is 19.7. The normalized spacial score (nSPS) is 14.6. The van der Waals surface area contributed by atoms with E-state index in [0.29, 0.717) is 17.1 Å². The molecule has 3 amide bonds. The van der Waals surface area contributed by atoms with Crippen LogP contribution in [0.15, 0.2) is 59.6 Å². The van der Waals surface area contributed by atoms with Gasteiger partial charge in [0.25, 0.3) is 5.91 Å². The highest BCUT2D eigenvalue weighted by Crippen LogP contribution is 2.27. The Morgan fingerprint density at radius 3 is 2.41 bits per heavy atom. The maximum absolute atomic E-state index is 13.4. The quantitative estimate of drug-likeness (QED) is 0.261. The van der Waals surface area contributed by atoms with Crippen LogP contribution >= 0.6 is 11.6 Å². The van der Waals surface area contributed by atoms with E-state index in [-0.39, 0.29) is 43.4 Å². The summed E-state index contributed by atoms with van der Waals surface area (Å²) in [6.07, 6.45) is 4.49. The van der Waals surface area contributed by atoms with Gasteiger partial charge in [-0.3, -0.25) is 9.59 Å². The summed E-state index contributed by atoms with van der Waals surface area (Å²) in [6, 6.07) is 15.4. The average molecular weight is 584 g/mol. The average Bonchev–Trinajstić information content (AvgIpc) is 2.98. The number of esters is 1. The summed E-state index contributed by atoms with van der Waals surface area (Å²) in [6.45, 7) is 0.370. The summed E-state index contributed by atoms with van der Waals surface area (Å²) >= 11 is 6.00. The third-order valence-corrected chi connectivity index (χ3v) is 7.31. The van der Waals surface area contributed by atoms with Crippen molar-refractivity contribution in [2.24, 2.45) is 10.9 Å². The van der Waals surface area contributed by atoms with Gasteiger partial charge in [-0.2, -0.15) is 4.99 Å². The van der Waals surface area contributed by atoms with E-state index >= 15 is 0 Å². The topological polar surface area (TPSA) is 114 Å². The van der Waals surface area contributed by atoms with Crippen LogP contribution in [0, 0.1) is 5.92 Å². The van der Waals surface area contributed by atoms with E-state index in [1.54, 1.807) is 36.2 Å². The Morgan fingerprint density at radius 2 is 1.73 bits per heavy atom. The first-order valence-corrected chi connectivity index (χ1v) is 14.3. The molecular weight excluding hydrogens is 546 g/mol. The molecule has 1 aliphatic carbocycles. The molecule has 0 aliphatic heterocycles. The Labute approximate surface area is 246 Å². The highest BCUT2D eigenvalue weighted by Gasteiger charge is 2.28. The smallest absolute Gasteiger partial charge is 0.434 e. The third-order valence-electron chi connectivity index (χ3n) is 7.07. The van der Waals surface area contributed by atoms with E-state index in [2.05, 4.69) is 10.3 Å². The van der Waals surface area contributed by atoms with Crippen LogP contribution in [0.4, 0.5) is 4.79 Å². The molecule has 220 valence electrons. The number of methoxy groups -OCH3 is 1. The molecule has 0 saturated heterocycles. The Morgan fingerprint density at radius 1 is 1.02 bits per heavy atom. The molecule has 0 radical (unpaired) electrons. The number of amides is 3. The lowest BCUT2D eigenvalue weighted by atomic mass is 9.85. The van der Waals surface area contributed by atoms with Crippen LogP contribution in [0.1, 0.15) is 62.5 Å². The van der Waals surface area contributed by atoms with Crippen molar-refractivity contribution < 1.29 is 28.7 Å². The van der Waals surface area contributed by atoms with Gasteiger partial charge in [-0.25, -0.2) is 9.59 Å². The first-order valence-electron chi connectivity index (χ1n) is 13.9. The van der Waals surface area contributed by atoms with Crippen LogP contribution in [-0.2, 0) is 37.0 Å². The number of ether oxygens (including phenoxy) is 2. The highest BCUT2D eigenvalue weighted by molar-refractivity contribution is 6.40. The highest BCUT2D eigenvalue weighted by atomic mass is 35.5. The Kier molecular flexibility index (Phi) is 12.8. The van der Waals surface area contributed by atoms with Gasteiger partial charge in [-0.15, -0.1) is 0 Å². The molecule has 3 rings (SSSR count). The molecule has 1 saturated carbocycles. The summed E-state index contributed by atoms with van der Waals surface area (Å²) in [5.74, 6) is -1.33. The van der Waals surface area contributed by atoms with Crippen molar-refractivity contribution in [2.45, 2.75) is 70.6 Å². The number of nitrogens with one attached hydrogen (secondary N) is 1. The Hall–Kier alpha value is -3.72. The van der Waals surface area contributed by atoms with E-state index in [1.807, 2.05) is 30.3 Å². The molecule has 2 aromatic rings. The van der Waals surface area contributed by atoms with Crippen molar-refractivity contribution in [3.8, 4) is 0 Å². The van der Waals surface area contributed by atoms with E-state index in [1.165, 1.54) is 7.11 Å². The minimum Gasteiger partial charge on any atom is -0.467 e. The van der Waals surface area contributed by atoms with E-state index in [4.69, 9.17) is 21.1 Å². The molecule has 1 N–H and O–H groups in total. The number of hydrogen-bond donors (Lipinski definition) is 1. The van der Waals surface area contributed by atoms with Crippen molar-refractivity contribution in [3.63, 3.8) is 0 Å². The summed E-state index contributed by atoms with van der Waals surface area (Å²) in [4.78, 5) is 56.8. The lowest BCUT2D eigenvalue weighted by molar-refractivity contribution is -0.145. The second-order valence-corrected chi connectivity index (χ2v) is 10.7. The van der Waals surface area contributed by atoms with E-state index in [9.17, 15) is 19.2 Å². The molecule has 0 heterocycles. The van der Waals surface area contributed by atoms with Crippen LogP contribution in [-0.4, -0.2) is 54.7 Å². The fourth-order valence-corrected chi connectivity index (χ4v) is 5.02. The maximum Gasteiger partial charge on any atom is 0.434 e. The molecule has 0 spiro atoms. The lowest BCUT2D eigenvalue weighted by Gasteiger charge is -2.23. The fourth-order valence-electron chi connectivity index (χ4n) is 4.80. The lowest BCUT2D eigenvalue weighted by Crippen LogP contribution is -2.45. The Balaban J connectivity index is 1.66. The molecular formula is C31H38ClN3O6. The molecule has 10 heteroatoms. The summed E-state index contributed by atoms with van der Waals surface area (Å²) in [5.41, 5.74) is 1.66. The van der Waals surface area contributed by atoms with E-state index in [0.717, 1.165) is 37.7 Å². The van der Waals surface area contributed by atoms with Gasteiger partial charge in [-0.1, -0.05) is 86.2 Å². The number of hydrogen-bond acceptors (Lipinski definition) is 6. The van der Waals surface area contributed by atoms with Crippen molar-refractivity contribution in [3.05, 3.63) is 70.7 Å².